The Bertz CT molecular complexity index is 651. The summed E-state index contributed by atoms with van der Waals surface area (Å²) in [6, 6.07) is 2.41. The van der Waals surface area contributed by atoms with E-state index >= 15 is 0 Å². The average Bonchev–Trinajstić information content (AvgIpc) is 3.02. The highest BCUT2D eigenvalue weighted by atomic mass is 16.2. The predicted molar refractivity (Wildman–Crippen MR) is 102 cm³/mol. The number of nitrogens with two attached hydrogens (primary N) is 2. The zero-order valence-corrected chi connectivity index (χ0v) is 15.4. The highest BCUT2D eigenvalue weighted by molar-refractivity contribution is 5.78. The van der Waals surface area contributed by atoms with Crippen molar-refractivity contribution in [2.75, 3.05) is 36.8 Å². The fourth-order valence-corrected chi connectivity index (χ4v) is 4.48. The molecule has 26 heavy (non-hydrogen) atoms. The molecule has 2 aliphatic heterocycles. The van der Waals surface area contributed by atoms with E-state index in [4.69, 9.17) is 11.5 Å². The molecule has 7 heteroatoms. The number of anilines is 2. The minimum atomic E-state index is 0.304. The van der Waals surface area contributed by atoms with Gasteiger partial charge in [-0.2, -0.15) is 4.98 Å². The molecule has 0 unspecified atom stereocenters. The summed E-state index contributed by atoms with van der Waals surface area (Å²) in [7, 11) is 0. The maximum Gasteiger partial charge on any atom is 0.222 e. The van der Waals surface area contributed by atoms with E-state index in [1.807, 2.05) is 4.90 Å². The predicted octanol–water partition coefficient (Wildman–Crippen LogP) is 1.49. The van der Waals surface area contributed by atoms with Gasteiger partial charge in [-0.3, -0.25) is 4.79 Å². The van der Waals surface area contributed by atoms with Crippen molar-refractivity contribution in [1.82, 2.24) is 14.9 Å². The Hall–Kier alpha value is -1.89. The van der Waals surface area contributed by atoms with E-state index in [2.05, 4.69) is 20.9 Å². The molecular formula is C19H30N6O. The quantitative estimate of drug-likeness (QED) is 0.827. The van der Waals surface area contributed by atoms with Crippen LogP contribution in [0.2, 0.25) is 0 Å². The van der Waals surface area contributed by atoms with Crippen LogP contribution >= 0.6 is 0 Å². The summed E-state index contributed by atoms with van der Waals surface area (Å²) in [6.07, 6.45) is 7.17. The van der Waals surface area contributed by atoms with Crippen molar-refractivity contribution >= 4 is 17.7 Å². The second-order valence-electron chi connectivity index (χ2n) is 8.14. The number of carbonyl (C=O) groups is 1. The topological polar surface area (TPSA) is 101 Å². The molecule has 1 amide bonds. The van der Waals surface area contributed by atoms with Crippen LogP contribution in [-0.4, -0.2) is 53.0 Å². The highest BCUT2D eigenvalue weighted by Crippen LogP contribution is 2.36. The molecule has 3 aliphatic rings. The van der Waals surface area contributed by atoms with E-state index in [1.165, 1.54) is 0 Å². The summed E-state index contributed by atoms with van der Waals surface area (Å²) in [5, 5.41) is 0. The van der Waals surface area contributed by atoms with Gasteiger partial charge in [0.25, 0.3) is 0 Å². The van der Waals surface area contributed by atoms with Crippen LogP contribution in [0.4, 0.5) is 11.8 Å². The minimum Gasteiger partial charge on any atom is -0.368 e. The Morgan fingerprint density at radius 2 is 1.92 bits per heavy atom. The van der Waals surface area contributed by atoms with Crippen LogP contribution in [0.15, 0.2) is 6.07 Å². The molecular weight excluding hydrogens is 328 g/mol. The van der Waals surface area contributed by atoms with Gasteiger partial charge in [0.2, 0.25) is 11.9 Å². The lowest BCUT2D eigenvalue weighted by molar-refractivity contribution is -0.127. The summed E-state index contributed by atoms with van der Waals surface area (Å²) in [4.78, 5) is 25.0. The Morgan fingerprint density at radius 3 is 2.58 bits per heavy atom. The number of amides is 1. The lowest BCUT2D eigenvalue weighted by Crippen LogP contribution is -2.37. The molecule has 0 spiro atoms. The third-order valence-electron chi connectivity index (χ3n) is 6.26. The molecule has 0 atom stereocenters. The van der Waals surface area contributed by atoms with Gasteiger partial charge in [-0.1, -0.05) is 0 Å². The molecule has 3 fully saturated rings. The van der Waals surface area contributed by atoms with Crippen LogP contribution in [0.25, 0.3) is 0 Å². The first-order valence-corrected chi connectivity index (χ1v) is 10.0. The summed E-state index contributed by atoms with van der Waals surface area (Å²) >= 11 is 0. The van der Waals surface area contributed by atoms with E-state index in [1.54, 1.807) is 0 Å². The number of rotatable bonds is 5. The summed E-state index contributed by atoms with van der Waals surface area (Å²) < 4.78 is 0. The van der Waals surface area contributed by atoms with Crippen molar-refractivity contribution in [2.45, 2.75) is 56.9 Å². The number of piperidine rings is 1. The molecule has 4 rings (SSSR count). The molecule has 4 N–H and O–H groups in total. The van der Waals surface area contributed by atoms with E-state index < -0.39 is 0 Å². The molecule has 142 valence electrons. The van der Waals surface area contributed by atoms with Gasteiger partial charge >= 0.3 is 0 Å². The second-order valence-corrected chi connectivity index (χ2v) is 8.14. The van der Waals surface area contributed by atoms with Crippen LogP contribution in [-0.2, 0) is 4.79 Å². The van der Waals surface area contributed by atoms with E-state index in [0.29, 0.717) is 29.7 Å². The fraction of sp³-hybridized carbons (Fsp3) is 0.737. The molecule has 1 saturated carbocycles. The van der Waals surface area contributed by atoms with Crippen molar-refractivity contribution in [3.8, 4) is 0 Å². The van der Waals surface area contributed by atoms with Crippen molar-refractivity contribution in [3.63, 3.8) is 0 Å². The first kappa shape index (κ1) is 17.5. The Morgan fingerprint density at radius 1 is 1.15 bits per heavy atom. The van der Waals surface area contributed by atoms with Gasteiger partial charge in [-0.15, -0.1) is 0 Å². The largest absolute Gasteiger partial charge is 0.368 e. The lowest BCUT2D eigenvalue weighted by Gasteiger charge is -2.35. The molecule has 0 bridgehead atoms. The third-order valence-corrected chi connectivity index (χ3v) is 6.26. The van der Waals surface area contributed by atoms with Gasteiger partial charge in [0.05, 0.1) is 5.69 Å². The summed E-state index contributed by atoms with van der Waals surface area (Å²) in [5.41, 5.74) is 12.9. The molecule has 3 heterocycles. The standard InChI is InChI=1S/C19H30N6O/c20-15-10-14(11-15)16-12-17(23-19(21)22-16)24-7-3-13(4-8-24)5-9-25-6-1-2-18(25)26/h12-15H,1-11,20H2,(H2,21,22,23). The second kappa shape index (κ2) is 7.39. The van der Waals surface area contributed by atoms with Crippen LogP contribution in [0.5, 0.6) is 0 Å². The maximum atomic E-state index is 11.7. The Labute approximate surface area is 155 Å². The monoisotopic (exact) mass is 358 g/mol. The number of hydrogen-bond donors (Lipinski definition) is 2. The van der Waals surface area contributed by atoms with Gasteiger partial charge in [0.1, 0.15) is 5.82 Å². The van der Waals surface area contributed by atoms with Gasteiger partial charge in [-0.05, 0) is 44.4 Å². The highest BCUT2D eigenvalue weighted by Gasteiger charge is 2.30. The number of nitrogen functional groups attached to an aromatic ring is 1. The molecule has 1 aromatic heterocycles. The van der Waals surface area contributed by atoms with Gasteiger partial charge in [-0.25, -0.2) is 4.98 Å². The van der Waals surface area contributed by atoms with Gasteiger partial charge in [0.15, 0.2) is 0 Å². The average molecular weight is 358 g/mol. The van der Waals surface area contributed by atoms with Crippen LogP contribution in [0.3, 0.4) is 0 Å². The number of aromatic nitrogens is 2. The van der Waals surface area contributed by atoms with Crippen molar-refractivity contribution < 1.29 is 4.79 Å². The minimum absolute atomic E-state index is 0.304. The molecule has 0 aromatic carbocycles. The SMILES string of the molecule is Nc1nc(C2CC(N)C2)cc(N2CCC(CCN3CCCC3=O)CC2)n1. The van der Waals surface area contributed by atoms with Gasteiger partial charge in [0, 0.05) is 50.6 Å². The van der Waals surface area contributed by atoms with Crippen molar-refractivity contribution in [3.05, 3.63) is 11.8 Å². The zero-order valence-electron chi connectivity index (χ0n) is 15.4. The third kappa shape index (κ3) is 3.77. The maximum absolute atomic E-state index is 11.7. The fourth-order valence-electron chi connectivity index (χ4n) is 4.48. The number of nitrogens with zero attached hydrogens (tertiary/aromatic N) is 4. The van der Waals surface area contributed by atoms with Crippen LogP contribution in [0, 0.1) is 5.92 Å². The lowest BCUT2D eigenvalue weighted by atomic mass is 9.78. The van der Waals surface area contributed by atoms with Crippen LogP contribution in [0.1, 0.15) is 56.6 Å². The molecule has 0 radical (unpaired) electrons. The number of likely N-dealkylation sites (tertiary alicyclic amines) is 1. The molecule has 2 saturated heterocycles. The van der Waals surface area contributed by atoms with Crippen molar-refractivity contribution in [1.29, 1.82) is 0 Å². The Balaban J connectivity index is 1.31. The molecule has 7 nitrogen and oxygen atoms in total. The Kier molecular flexibility index (Phi) is 4.98. The smallest absolute Gasteiger partial charge is 0.222 e. The summed E-state index contributed by atoms with van der Waals surface area (Å²) in [5.74, 6) is 2.79. The van der Waals surface area contributed by atoms with Crippen LogP contribution < -0.4 is 16.4 Å². The molecule has 1 aliphatic carbocycles. The molecule has 1 aromatic rings. The number of hydrogen-bond acceptors (Lipinski definition) is 6. The first-order valence-electron chi connectivity index (χ1n) is 10.0. The van der Waals surface area contributed by atoms with E-state index in [9.17, 15) is 4.79 Å². The van der Waals surface area contributed by atoms with Crippen molar-refractivity contribution in [2.24, 2.45) is 11.7 Å². The number of carbonyl (C=O) groups excluding carboxylic acids is 1. The van der Waals surface area contributed by atoms with Gasteiger partial charge < -0.3 is 21.3 Å². The first-order chi connectivity index (χ1) is 12.6. The summed E-state index contributed by atoms with van der Waals surface area (Å²) in [6.45, 7) is 3.87. The van der Waals surface area contributed by atoms with E-state index in [-0.39, 0.29) is 0 Å². The van der Waals surface area contributed by atoms with E-state index in [0.717, 1.165) is 82.6 Å². The normalized spacial score (nSPS) is 27.0. The zero-order chi connectivity index (χ0) is 18.1.